The number of benzene rings is 1. The van der Waals surface area contributed by atoms with Crippen LogP contribution < -0.4 is 5.32 Å². The zero-order valence-corrected chi connectivity index (χ0v) is 13.1. The molecule has 0 aliphatic carbocycles. The summed E-state index contributed by atoms with van der Waals surface area (Å²) in [7, 11) is 0. The van der Waals surface area contributed by atoms with Crippen molar-refractivity contribution in [2.45, 2.75) is 31.6 Å². The fourth-order valence-corrected chi connectivity index (χ4v) is 3.26. The normalized spacial score (nSPS) is 22.9. The van der Waals surface area contributed by atoms with Gasteiger partial charge in [0.05, 0.1) is 5.41 Å². The molecule has 1 fully saturated rings. The quantitative estimate of drug-likeness (QED) is 0.932. The summed E-state index contributed by atoms with van der Waals surface area (Å²) in [5, 5.41) is 7.62. The molecule has 0 bridgehead atoms. The lowest BCUT2D eigenvalue weighted by atomic mass is 9.78. The lowest BCUT2D eigenvalue weighted by molar-refractivity contribution is 0.221. The minimum atomic E-state index is -0.00917. The van der Waals surface area contributed by atoms with Crippen LogP contribution in [0.25, 0.3) is 11.4 Å². The Bertz CT molecular complexity index is 590. The number of halogens is 1. The minimum Gasteiger partial charge on any atom is -0.338 e. The summed E-state index contributed by atoms with van der Waals surface area (Å²) in [6.45, 7) is 4.18. The number of nitrogens with one attached hydrogen (secondary N) is 1. The Morgan fingerprint density at radius 2 is 2.25 bits per heavy atom. The van der Waals surface area contributed by atoms with Crippen molar-refractivity contribution in [3.8, 4) is 11.4 Å². The molecule has 0 spiro atoms. The van der Waals surface area contributed by atoms with E-state index < -0.39 is 0 Å². The van der Waals surface area contributed by atoms with Crippen LogP contribution in [0.5, 0.6) is 0 Å². The predicted octanol–water partition coefficient (Wildman–Crippen LogP) is 3.53. The number of piperidine rings is 1. The Labute approximate surface area is 127 Å². The van der Waals surface area contributed by atoms with Crippen LogP contribution in [0.15, 0.2) is 33.3 Å². The lowest BCUT2D eigenvalue weighted by Gasteiger charge is -2.33. The van der Waals surface area contributed by atoms with Gasteiger partial charge < -0.3 is 9.84 Å². The molecule has 1 unspecified atom stereocenters. The number of hydrogen-bond acceptors (Lipinski definition) is 4. The smallest absolute Gasteiger partial charge is 0.234 e. The van der Waals surface area contributed by atoms with E-state index in [1.807, 2.05) is 24.3 Å². The van der Waals surface area contributed by atoms with Crippen LogP contribution in [-0.4, -0.2) is 23.2 Å². The molecule has 0 amide bonds. The van der Waals surface area contributed by atoms with Crippen molar-refractivity contribution in [2.75, 3.05) is 13.1 Å². The number of hydrogen-bond donors (Lipinski definition) is 1. The molecule has 1 aliphatic rings. The van der Waals surface area contributed by atoms with Crippen LogP contribution >= 0.6 is 15.9 Å². The predicted molar refractivity (Wildman–Crippen MR) is 81.5 cm³/mol. The molecule has 1 atom stereocenters. The van der Waals surface area contributed by atoms with Gasteiger partial charge >= 0.3 is 0 Å². The largest absolute Gasteiger partial charge is 0.338 e. The molecule has 1 N–H and O–H groups in total. The first kappa shape index (κ1) is 13.8. The molecule has 106 valence electrons. The molecular formula is C15H18BrN3O. The molecule has 4 nitrogen and oxygen atoms in total. The number of nitrogens with zero attached hydrogens (tertiary/aromatic N) is 2. The second-order valence-corrected chi connectivity index (χ2v) is 6.17. The van der Waals surface area contributed by atoms with Gasteiger partial charge in [-0.05, 0) is 37.9 Å². The maximum Gasteiger partial charge on any atom is 0.234 e. The summed E-state index contributed by atoms with van der Waals surface area (Å²) in [4.78, 5) is 4.66. The van der Waals surface area contributed by atoms with Crippen LogP contribution in [0.4, 0.5) is 0 Å². The topological polar surface area (TPSA) is 51.0 Å². The zero-order valence-electron chi connectivity index (χ0n) is 11.5. The molecule has 1 aliphatic heterocycles. The van der Waals surface area contributed by atoms with Crippen molar-refractivity contribution >= 4 is 15.9 Å². The van der Waals surface area contributed by atoms with Gasteiger partial charge in [-0.25, -0.2) is 0 Å². The van der Waals surface area contributed by atoms with Crippen LogP contribution in [0.3, 0.4) is 0 Å². The molecule has 2 aromatic rings. The number of rotatable bonds is 3. The van der Waals surface area contributed by atoms with Crippen LogP contribution in [0.2, 0.25) is 0 Å². The van der Waals surface area contributed by atoms with Crippen molar-refractivity contribution in [3.05, 3.63) is 34.6 Å². The third-order valence-corrected chi connectivity index (χ3v) is 4.84. The van der Waals surface area contributed by atoms with Crippen molar-refractivity contribution in [2.24, 2.45) is 0 Å². The van der Waals surface area contributed by atoms with Gasteiger partial charge in [0.1, 0.15) is 0 Å². The molecule has 3 rings (SSSR count). The Hall–Kier alpha value is -1.20. The van der Waals surface area contributed by atoms with Crippen LogP contribution in [0, 0.1) is 0 Å². The summed E-state index contributed by atoms with van der Waals surface area (Å²) < 4.78 is 6.57. The second-order valence-electron chi connectivity index (χ2n) is 5.32. The highest BCUT2D eigenvalue weighted by Crippen LogP contribution is 2.35. The Morgan fingerprint density at radius 1 is 1.40 bits per heavy atom. The highest BCUT2D eigenvalue weighted by Gasteiger charge is 2.37. The van der Waals surface area contributed by atoms with E-state index in [2.05, 4.69) is 38.3 Å². The lowest BCUT2D eigenvalue weighted by Crippen LogP contribution is -2.43. The minimum absolute atomic E-state index is 0.00917. The van der Waals surface area contributed by atoms with Gasteiger partial charge in [0.15, 0.2) is 0 Å². The van der Waals surface area contributed by atoms with E-state index in [1.165, 1.54) is 0 Å². The standard InChI is InChI=1S/C15H18BrN3O/c1-2-15(8-5-9-17-10-15)14-18-13(19-20-14)11-6-3-4-7-12(11)16/h3-4,6-7,17H,2,5,8-10H2,1H3. The Balaban J connectivity index is 1.95. The van der Waals surface area contributed by atoms with E-state index in [-0.39, 0.29) is 5.41 Å². The third-order valence-electron chi connectivity index (χ3n) is 4.14. The van der Waals surface area contributed by atoms with Crippen molar-refractivity contribution in [1.82, 2.24) is 15.5 Å². The van der Waals surface area contributed by atoms with Crippen molar-refractivity contribution < 1.29 is 4.52 Å². The molecule has 2 heterocycles. The van der Waals surface area contributed by atoms with Gasteiger partial charge in [-0.1, -0.05) is 40.1 Å². The first-order chi connectivity index (χ1) is 9.75. The first-order valence-corrected chi connectivity index (χ1v) is 7.84. The molecule has 1 aromatic heterocycles. The Morgan fingerprint density at radius 3 is 2.95 bits per heavy atom. The average molecular weight is 336 g/mol. The zero-order chi connectivity index (χ0) is 14.0. The van der Waals surface area contributed by atoms with E-state index in [4.69, 9.17) is 4.52 Å². The monoisotopic (exact) mass is 335 g/mol. The van der Waals surface area contributed by atoms with E-state index >= 15 is 0 Å². The van der Waals surface area contributed by atoms with E-state index in [0.29, 0.717) is 5.82 Å². The van der Waals surface area contributed by atoms with Gasteiger partial charge in [-0.2, -0.15) is 4.98 Å². The van der Waals surface area contributed by atoms with Gasteiger partial charge in [0.25, 0.3) is 0 Å². The van der Waals surface area contributed by atoms with Crippen LogP contribution in [0.1, 0.15) is 32.1 Å². The molecule has 20 heavy (non-hydrogen) atoms. The first-order valence-electron chi connectivity index (χ1n) is 7.05. The molecular weight excluding hydrogens is 318 g/mol. The average Bonchev–Trinajstić information content (AvgIpc) is 2.98. The molecule has 5 heteroatoms. The summed E-state index contributed by atoms with van der Waals surface area (Å²) in [6.07, 6.45) is 3.27. The second kappa shape index (κ2) is 5.66. The molecule has 0 saturated carbocycles. The highest BCUT2D eigenvalue weighted by molar-refractivity contribution is 9.10. The molecule has 1 aromatic carbocycles. The highest BCUT2D eigenvalue weighted by atomic mass is 79.9. The van der Waals surface area contributed by atoms with E-state index in [1.54, 1.807) is 0 Å². The fourth-order valence-electron chi connectivity index (χ4n) is 2.79. The third kappa shape index (κ3) is 2.40. The molecule has 0 radical (unpaired) electrons. The van der Waals surface area contributed by atoms with Gasteiger partial charge in [0.2, 0.25) is 11.7 Å². The summed E-state index contributed by atoms with van der Waals surface area (Å²) in [6, 6.07) is 7.95. The van der Waals surface area contributed by atoms with Crippen molar-refractivity contribution in [1.29, 1.82) is 0 Å². The Kier molecular flexibility index (Phi) is 3.89. The van der Waals surface area contributed by atoms with Gasteiger partial charge in [-0.15, -0.1) is 0 Å². The summed E-state index contributed by atoms with van der Waals surface area (Å²) in [5.41, 5.74) is 0.961. The van der Waals surface area contributed by atoms with Crippen LogP contribution in [-0.2, 0) is 5.41 Å². The number of aromatic nitrogens is 2. The SMILES string of the molecule is CCC1(c2nc(-c3ccccc3Br)no2)CCCNC1. The van der Waals surface area contributed by atoms with Crippen molar-refractivity contribution in [3.63, 3.8) is 0 Å². The maximum absolute atomic E-state index is 5.59. The maximum atomic E-state index is 5.59. The van der Waals surface area contributed by atoms with E-state index in [9.17, 15) is 0 Å². The van der Waals surface area contributed by atoms with Gasteiger partial charge in [-0.3, -0.25) is 0 Å². The summed E-state index contributed by atoms with van der Waals surface area (Å²) >= 11 is 3.53. The van der Waals surface area contributed by atoms with Gasteiger partial charge in [0, 0.05) is 16.6 Å². The van der Waals surface area contributed by atoms with E-state index in [0.717, 1.165) is 48.3 Å². The summed E-state index contributed by atoms with van der Waals surface area (Å²) in [5.74, 6) is 1.42. The fraction of sp³-hybridized carbons (Fsp3) is 0.467. The molecule has 1 saturated heterocycles.